The van der Waals surface area contributed by atoms with E-state index in [4.69, 9.17) is 0 Å². The van der Waals surface area contributed by atoms with E-state index in [0.717, 1.165) is 25.2 Å². The van der Waals surface area contributed by atoms with Crippen molar-refractivity contribution in [3.8, 4) is 0 Å². The molecule has 1 aromatic heterocycles. The molecule has 30 heavy (non-hydrogen) atoms. The van der Waals surface area contributed by atoms with Crippen molar-refractivity contribution in [3.63, 3.8) is 0 Å². The summed E-state index contributed by atoms with van der Waals surface area (Å²) in [6.07, 6.45) is 2.46. The number of benzene rings is 1. The Morgan fingerprint density at radius 1 is 1.37 bits per heavy atom. The van der Waals surface area contributed by atoms with Crippen molar-refractivity contribution >= 4 is 23.2 Å². The van der Waals surface area contributed by atoms with Crippen molar-refractivity contribution in [2.45, 2.75) is 19.4 Å². The number of pyridine rings is 1. The van der Waals surface area contributed by atoms with Gasteiger partial charge in [0.05, 0.1) is 11.5 Å². The van der Waals surface area contributed by atoms with Gasteiger partial charge in [0.1, 0.15) is 0 Å². The summed E-state index contributed by atoms with van der Waals surface area (Å²) in [6.45, 7) is 5.22. The first-order valence-electron chi connectivity index (χ1n) is 9.95. The number of hydrogen-bond acceptors (Lipinski definition) is 6. The molecule has 1 aliphatic heterocycles. The number of nitrogens with zero attached hydrogens (tertiary/aromatic N) is 4. The van der Waals surface area contributed by atoms with Gasteiger partial charge in [-0.15, -0.1) is 0 Å². The summed E-state index contributed by atoms with van der Waals surface area (Å²) in [4.78, 5) is 20.9. The molecule has 0 radical (unpaired) electrons. The molecular formula is C20H26FN7O2. The number of aliphatic imine (C=N–C) groups is 1. The lowest BCUT2D eigenvalue weighted by Crippen LogP contribution is -2.45. The molecule has 1 atom stereocenters. The maximum atomic E-state index is 14.0. The van der Waals surface area contributed by atoms with Gasteiger partial charge in [0, 0.05) is 56.2 Å². The number of halogens is 1. The molecule has 0 spiro atoms. The lowest BCUT2D eigenvalue weighted by atomic mass is 10.3. The van der Waals surface area contributed by atoms with Gasteiger partial charge in [0.25, 0.3) is 5.69 Å². The van der Waals surface area contributed by atoms with E-state index < -0.39 is 4.92 Å². The molecule has 10 heteroatoms. The molecule has 2 aromatic rings. The molecule has 3 N–H and O–H groups in total. The van der Waals surface area contributed by atoms with Crippen LogP contribution in [0.3, 0.4) is 0 Å². The molecule has 1 saturated heterocycles. The molecule has 2 heterocycles. The second kappa shape index (κ2) is 10.4. The first kappa shape index (κ1) is 21.3. The third kappa shape index (κ3) is 5.79. The van der Waals surface area contributed by atoms with E-state index in [1.54, 1.807) is 24.4 Å². The molecule has 1 unspecified atom stereocenters. The van der Waals surface area contributed by atoms with Gasteiger partial charge < -0.3 is 20.9 Å². The summed E-state index contributed by atoms with van der Waals surface area (Å²) in [5, 5.41) is 20.5. The summed E-state index contributed by atoms with van der Waals surface area (Å²) < 4.78 is 14.0. The minimum atomic E-state index is -0.422. The number of non-ortho nitro benzene ring substituents is 1. The molecule has 0 saturated carbocycles. The highest BCUT2D eigenvalue weighted by atomic mass is 19.1. The first-order chi connectivity index (χ1) is 14.6. The summed E-state index contributed by atoms with van der Waals surface area (Å²) in [6, 6.07) is 9.44. The summed E-state index contributed by atoms with van der Waals surface area (Å²) in [5.41, 5.74) is 0.867. The quantitative estimate of drug-likeness (QED) is 0.200. The second-order valence-electron chi connectivity index (χ2n) is 6.88. The summed E-state index contributed by atoms with van der Waals surface area (Å²) in [5.74, 6) is 0.781. The van der Waals surface area contributed by atoms with Crippen LogP contribution in [0.25, 0.3) is 0 Å². The Kier molecular flexibility index (Phi) is 7.36. The Morgan fingerprint density at radius 3 is 2.87 bits per heavy atom. The molecule has 1 aromatic carbocycles. The topological polar surface area (TPSA) is 108 Å². The van der Waals surface area contributed by atoms with Crippen LogP contribution in [0.5, 0.6) is 0 Å². The zero-order valence-electron chi connectivity index (χ0n) is 16.8. The van der Waals surface area contributed by atoms with E-state index in [1.165, 1.54) is 18.2 Å². The van der Waals surface area contributed by atoms with E-state index in [1.807, 2.05) is 11.8 Å². The van der Waals surface area contributed by atoms with Gasteiger partial charge in [-0.2, -0.15) is 0 Å². The molecule has 0 aliphatic carbocycles. The minimum absolute atomic E-state index is 0.0633. The van der Waals surface area contributed by atoms with E-state index in [-0.39, 0.29) is 17.5 Å². The second-order valence-corrected chi connectivity index (χ2v) is 6.88. The SMILES string of the molecule is CCNC(=NCCNc1ccc([N+](=O)[O-])cc1)NC1CCN(c2ncccc2F)C1. The van der Waals surface area contributed by atoms with Gasteiger partial charge in [0.2, 0.25) is 0 Å². The van der Waals surface area contributed by atoms with Crippen molar-refractivity contribution < 1.29 is 9.31 Å². The molecule has 0 bridgehead atoms. The van der Waals surface area contributed by atoms with Gasteiger partial charge in [-0.1, -0.05) is 0 Å². The normalized spacial score (nSPS) is 16.4. The van der Waals surface area contributed by atoms with Crippen molar-refractivity contribution in [2.75, 3.05) is 42.9 Å². The summed E-state index contributed by atoms with van der Waals surface area (Å²) in [7, 11) is 0. The number of guanidine groups is 1. The van der Waals surface area contributed by atoms with Crippen molar-refractivity contribution in [1.29, 1.82) is 0 Å². The number of hydrogen-bond donors (Lipinski definition) is 3. The Morgan fingerprint density at radius 2 is 2.17 bits per heavy atom. The standard InChI is InChI=1S/C20H26FN7O2/c1-2-22-20(25-12-11-23-15-5-7-17(8-6-15)28(29)30)26-16-9-13-27(14-16)19-18(21)4-3-10-24-19/h3-8,10,16,23H,2,9,11-14H2,1H3,(H2,22,25,26). The van der Waals surface area contributed by atoms with Gasteiger partial charge in [0.15, 0.2) is 17.6 Å². The largest absolute Gasteiger partial charge is 0.383 e. The van der Waals surface area contributed by atoms with Gasteiger partial charge >= 0.3 is 0 Å². The van der Waals surface area contributed by atoms with Gasteiger partial charge in [-0.25, -0.2) is 9.37 Å². The van der Waals surface area contributed by atoms with Gasteiger partial charge in [-0.3, -0.25) is 15.1 Å². The monoisotopic (exact) mass is 415 g/mol. The Labute approximate surface area is 174 Å². The maximum Gasteiger partial charge on any atom is 0.269 e. The average Bonchev–Trinajstić information content (AvgIpc) is 3.20. The van der Waals surface area contributed by atoms with Crippen molar-refractivity contribution in [3.05, 3.63) is 58.5 Å². The molecule has 0 amide bonds. The zero-order chi connectivity index (χ0) is 21.3. The highest BCUT2D eigenvalue weighted by Crippen LogP contribution is 2.20. The number of rotatable bonds is 8. The number of nitro groups is 1. The van der Waals surface area contributed by atoms with Crippen LogP contribution in [0.1, 0.15) is 13.3 Å². The van der Waals surface area contributed by atoms with Crippen LogP contribution < -0.4 is 20.9 Å². The van der Waals surface area contributed by atoms with E-state index in [2.05, 4.69) is 25.9 Å². The van der Waals surface area contributed by atoms with Crippen molar-refractivity contribution in [1.82, 2.24) is 15.6 Å². The number of nitrogens with one attached hydrogen (secondary N) is 3. The number of anilines is 2. The molecule has 1 aliphatic rings. The Balaban J connectivity index is 1.48. The minimum Gasteiger partial charge on any atom is -0.383 e. The van der Waals surface area contributed by atoms with Gasteiger partial charge in [-0.05, 0) is 37.6 Å². The average molecular weight is 415 g/mol. The van der Waals surface area contributed by atoms with E-state index >= 15 is 0 Å². The van der Waals surface area contributed by atoms with Crippen LogP contribution in [0.2, 0.25) is 0 Å². The van der Waals surface area contributed by atoms with Crippen LogP contribution >= 0.6 is 0 Å². The molecule has 1 fully saturated rings. The summed E-state index contributed by atoms with van der Waals surface area (Å²) >= 11 is 0. The van der Waals surface area contributed by atoms with E-state index in [0.29, 0.717) is 31.4 Å². The lowest BCUT2D eigenvalue weighted by Gasteiger charge is -2.20. The van der Waals surface area contributed by atoms with Crippen LogP contribution in [0, 0.1) is 15.9 Å². The molecule has 9 nitrogen and oxygen atoms in total. The predicted molar refractivity (Wildman–Crippen MR) is 116 cm³/mol. The zero-order valence-corrected chi connectivity index (χ0v) is 16.8. The highest BCUT2D eigenvalue weighted by molar-refractivity contribution is 5.80. The Hall–Kier alpha value is -3.43. The Bertz CT molecular complexity index is 876. The smallest absolute Gasteiger partial charge is 0.269 e. The maximum absolute atomic E-state index is 14.0. The van der Waals surface area contributed by atoms with Crippen LogP contribution in [0.15, 0.2) is 47.6 Å². The highest BCUT2D eigenvalue weighted by Gasteiger charge is 2.25. The third-order valence-electron chi connectivity index (χ3n) is 4.70. The lowest BCUT2D eigenvalue weighted by molar-refractivity contribution is -0.384. The molecule has 160 valence electrons. The van der Waals surface area contributed by atoms with Crippen LogP contribution in [0.4, 0.5) is 21.6 Å². The number of aromatic nitrogens is 1. The first-order valence-corrected chi connectivity index (χ1v) is 9.95. The molecular weight excluding hydrogens is 389 g/mol. The fourth-order valence-corrected chi connectivity index (χ4v) is 3.26. The molecule has 3 rings (SSSR count). The third-order valence-corrected chi connectivity index (χ3v) is 4.70. The van der Waals surface area contributed by atoms with Crippen LogP contribution in [-0.4, -0.2) is 54.6 Å². The van der Waals surface area contributed by atoms with Crippen molar-refractivity contribution in [2.24, 2.45) is 4.99 Å². The fourth-order valence-electron chi connectivity index (χ4n) is 3.26. The van der Waals surface area contributed by atoms with Crippen LogP contribution in [-0.2, 0) is 0 Å². The predicted octanol–water partition coefficient (Wildman–Crippen LogP) is 2.37. The van der Waals surface area contributed by atoms with E-state index in [9.17, 15) is 14.5 Å². The fraction of sp³-hybridized carbons (Fsp3) is 0.400. The number of nitro benzene ring substituents is 1.